The van der Waals surface area contributed by atoms with Gasteiger partial charge in [0.05, 0.1) is 23.9 Å². The molecule has 1 heterocycles. The van der Waals surface area contributed by atoms with E-state index in [-0.39, 0.29) is 11.4 Å². The van der Waals surface area contributed by atoms with E-state index in [9.17, 15) is 14.0 Å². The Labute approximate surface area is 171 Å². The van der Waals surface area contributed by atoms with Crippen molar-refractivity contribution < 1.29 is 13.9 Å². The Morgan fingerprint density at radius 3 is 2.62 bits per heavy atom. The third-order valence-electron chi connectivity index (χ3n) is 4.43. The lowest BCUT2D eigenvalue weighted by molar-refractivity contribution is 0.0931. The summed E-state index contributed by atoms with van der Waals surface area (Å²) in [5.74, 6) is -1.10. The summed E-state index contributed by atoms with van der Waals surface area (Å²) in [6.45, 7) is 3.38. The second kappa shape index (κ2) is 8.45. The molecule has 0 aliphatic carbocycles. The first-order valence-corrected chi connectivity index (χ1v) is 9.19. The third kappa shape index (κ3) is 4.30. The van der Waals surface area contributed by atoms with Gasteiger partial charge in [0, 0.05) is 11.8 Å². The maximum Gasteiger partial charge on any atom is 0.276 e. The third-order valence-corrected chi connectivity index (χ3v) is 4.75. The Morgan fingerprint density at radius 1 is 1.24 bits per heavy atom. The van der Waals surface area contributed by atoms with Gasteiger partial charge >= 0.3 is 0 Å². The van der Waals surface area contributed by atoms with Crippen LogP contribution in [-0.2, 0) is 0 Å². The van der Waals surface area contributed by atoms with E-state index in [2.05, 4.69) is 10.4 Å². The molecule has 0 aliphatic heterocycles. The van der Waals surface area contributed by atoms with Crippen LogP contribution >= 0.6 is 11.6 Å². The molecule has 0 spiro atoms. The maximum atomic E-state index is 13.9. The average molecular weight is 416 g/mol. The van der Waals surface area contributed by atoms with E-state index in [0.717, 1.165) is 0 Å². The lowest BCUT2D eigenvalue weighted by atomic mass is 10.1. The Balaban J connectivity index is 1.91. The molecule has 8 heteroatoms. The van der Waals surface area contributed by atoms with E-state index in [1.54, 1.807) is 44.2 Å². The van der Waals surface area contributed by atoms with Crippen molar-refractivity contribution in [3.63, 3.8) is 0 Å². The largest absolute Gasteiger partial charge is 0.494 e. The fourth-order valence-corrected chi connectivity index (χ4v) is 3.09. The number of para-hydroxylation sites is 1. The number of carbonyl (C=O) groups is 1. The first-order chi connectivity index (χ1) is 13.8. The van der Waals surface area contributed by atoms with E-state index in [4.69, 9.17) is 16.3 Å². The van der Waals surface area contributed by atoms with Crippen LogP contribution in [0.25, 0.3) is 5.69 Å². The molecule has 0 saturated heterocycles. The fourth-order valence-electron chi connectivity index (χ4n) is 2.87. The van der Waals surface area contributed by atoms with Crippen LogP contribution in [0.1, 0.15) is 34.7 Å². The van der Waals surface area contributed by atoms with Gasteiger partial charge in [-0.15, -0.1) is 0 Å². The van der Waals surface area contributed by atoms with Crippen molar-refractivity contribution in [1.82, 2.24) is 15.1 Å². The van der Waals surface area contributed by atoms with Crippen molar-refractivity contribution in [1.29, 1.82) is 0 Å². The molecule has 1 N–H and O–H groups in total. The van der Waals surface area contributed by atoms with Gasteiger partial charge in [0.25, 0.3) is 5.91 Å². The van der Waals surface area contributed by atoms with Crippen molar-refractivity contribution >= 4 is 17.5 Å². The summed E-state index contributed by atoms with van der Waals surface area (Å²) in [5.41, 5.74) is 0.805. The molecule has 150 valence electrons. The predicted molar refractivity (Wildman–Crippen MR) is 108 cm³/mol. The number of aryl methyl sites for hydroxylation is 1. The summed E-state index contributed by atoms with van der Waals surface area (Å²) in [6, 6.07) is 12.1. The highest BCUT2D eigenvalue weighted by Gasteiger charge is 2.19. The summed E-state index contributed by atoms with van der Waals surface area (Å²) in [4.78, 5) is 25.1. The molecule has 1 aromatic heterocycles. The van der Waals surface area contributed by atoms with Gasteiger partial charge in [0.2, 0.25) is 5.43 Å². The molecular weight excluding hydrogens is 397 g/mol. The van der Waals surface area contributed by atoms with Gasteiger partial charge in [-0.05, 0) is 43.7 Å². The number of rotatable bonds is 5. The molecule has 1 unspecified atom stereocenters. The lowest BCUT2D eigenvalue weighted by Crippen LogP contribution is -2.33. The van der Waals surface area contributed by atoms with Gasteiger partial charge in [-0.3, -0.25) is 9.59 Å². The molecule has 3 aromatic rings. The summed E-state index contributed by atoms with van der Waals surface area (Å²) in [7, 11) is 1.37. The molecule has 0 saturated carbocycles. The minimum Gasteiger partial charge on any atom is -0.494 e. The number of benzene rings is 2. The monoisotopic (exact) mass is 415 g/mol. The minimum atomic E-state index is -0.667. The highest BCUT2D eigenvalue weighted by Crippen LogP contribution is 2.22. The van der Waals surface area contributed by atoms with E-state index in [1.807, 2.05) is 0 Å². The molecule has 0 fully saturated rings. The molecule has 0 aliphatic rings. The number of carbonyl (C=O) groups excluding carboxylic acids is 1. The van der Waals surface area contributed by atoms with Crippen LogP contribution in [0.3, 0.4) is 0 Å². The van der Waals surface area contributed by atoms with Gasteiger partial charge in [-0.25, -0.2) is 9.07 Å². The number of nitrogens with one attached hydrogen (secondary N) is 1. The number of aromatic nitrogens is 2. The molecule has 0 radical (unpaired) electrons. The van der Waals surface area contributed by atoms with Crippen molar-refractivity contribution in [2.75, 3.05) is 7.11 Å². The number of nitrogens with zero attached hydrogens (tertiary/aromatic N) is 2. The van der Waals surface area contributed by atoms with Crippen LogP contribution in [0.15, 0.2) is 53.3 Å². The number of ether oxygens (including phenoxy) is 1. The Morgan fingerprint density at radius 2 is 1.97 bits per heavy atom. The molecule has 0 bridgehead atoms. The lowest BCUT2D eigenvalue weighted by Gasteiger charge is -2.16. The molecule has 2 aromatic carbocycles. The first kappa shape index (κ1) is 20.5. The quantitative estimate of drug-likeness (QED) is 0.687. The first-order valence-electron chi connectivity index (χ1n) is 8.82. The number of hydrogen-bond donors (Lipinski definition) is 1. The van der Waals surface area contributed by atoms with E-state index >= 15 is 0 Å². The highest BCUT2D eigenvalue weighted by atomic mass is 35.5. The number of methoxy groups -OCH3 is 1. The van der Waals surface area contributed by atoms with Gasteiger partial charge in [-0.2, -0.15) is 5.10 Å². The zero-order chi connectivity index (χ0) is 21.1. The average Bonchev–Trinajstić information content (AvgIpc) is 2.68. The van der Waals surface area contributed by atoms with Crippen molar-refractivity contribution in [2.24, 2.45) is 0 Å². The van der Waals surface area contributed by atoms with E-state index in [0.29, 0.717) is 22.0 Å². The molecule has 3 rings (SSSR count). The molecule has 6 nitrogen and oxygen atoms in total. The van der Waals surface area contributed by atoms with Gasteiger partial charge in [0.1, 0.15) is 0 Å². The van der Waals surface area contributed by atoms with Crippen LogP contribution in [0, 0.1) is 12.7 Å². The van der Waals surface area contributed by atoms with Crippen LogP contribution in [0.5, 0.6) is 5.75 Å². The smallest absolute Gasteiger partial charge is 0.276 e. The Hall–Kier alpha value is -3.19. The van der Waals surface area contributed by atoms with Gasteiger partial charge in [-0.1, -0.05) is 29.8 Å². The molecular formula is C21H19ClFN3O3. The topological polar surface area (TPSA) is 73.2 Å². The van der Waals surface area contributed by atoms with Crippen LogP contribution in [0.4, 0.5) is 4.39 Å². The zero-order valence-electron chi connectivity index (χ0n) is 16.1. The van der Waals surface area contributed by atoms with Crippen LogP contribution in [0.2, 0.25) is 5.02 Å². The fraction of sp³-hybridized carbons (Fsp3) is 0.190. The van der Waals surface area contributed by atoms with Gasteiger partial charge < -0.3 is 10.1 Å². The standard InChI is InChI=1S/C21H19ClFN3O3/c1-12-10-18(27)20(25-26(12)17-7-5-4-6-15(17)22)21(28)24-13(2)14-8-9-19(29-3)16(23)11-14/h4-11,13H,1-3H3,(H,24,28). The van der Waals surface area contributed by atoms with Crippen molar-refractivity contribution in [3.8, 4) is 11.4 Å². The second-order valence-electron chi connectivity index (χ2n) is 6.45. The Kier molecular flexibility index (Phi) is 5.98. The SMILES string of the molecule is COc1ccc(C(C)NC(=O)c2nn(-c3ccccc3Cl)c(C)cc2=O)cc1F. The van der Waals surface area contributed by atoms with Gasteiger partial charge in [0.15, 0.2) is 17.3 Å². The number of hydrogen-bond acceptors (Lipinski definition) is 4. The van der Waals surface area contributed by atoms with Crippen molar-refractivity contribution in [2.45, 2.75) is 19.9 Å². The zero-order valence-corrected chi connectivity index (χ0v) is 16.8. The molecule has 29 heavy (non-hydrogen) atoms. The van der Waals surface area contributed by atoms with Crippen LogP contribution in [-0.4, -0.2) is 22.8 Å². The summed E-state index contributed by atoms with van der Waals surface area (Å²) in [6.07, 6.45) is 0. The number of amides is 1. The van der Waals surface area contributed by atoms with Crippen LogP contribution < -0.4 is 15.5 Å². The summed E-state index contributed by atoms with van der Waals surface area (Å²) < 4.78 is 20.3. The van der Waals surface area contributed by atoms with Crippen molar-refractivity contribution in [3.05, 3.63) is 86.5 Å². The maximum absolute atomic E-state index is 13.9. The Bertz CT molecular complexity index is 1130. The number of halogens is 2. The molecule has 1 amide bonds. The van der Waals surface area contributed by atoms with E-state index in [1.165, 1.54) is 30.0 Å². The van der Waals surface area contributed by atoms with E-state index < -0.39 is 23.2 Å². The molecule has 1 atom stereocenters. The predicted octanol–water partition coefficient (Wildman–Crippen LogP) is 3.83. The minimum absolute atomic E-state index is 0.107. The normalized spacial score (nSPS) is 11.8. The summed E-state index contributed by atoms with van der Waals surface area (Å²) in [5, 5.41) is 7.31. The second-order valence-corrected chi connectivity index (χ2v) is 6.86. The summed E-state index contributed by atoms with van der Waals surface area (Å²) >= 11 is 6.22. The highest BCUT2D eigenvalue weighted by molar-refractivity contribution is 6.32.